The second-order valence-corrected chi connectivity index (χ2v) is 6.30. The Morgan fingerprint density at radius 3 is 2.86 bits per heavy atom. The Labute approximate surface area is 130 Å². The predicted molar refractivity (Wildman–Crippen MR) is 82.6 cm³/mol. The van der Waals surface area contributed by atoms with Crippen molar-refractivity contribution in [1.29, 1.82) is 0 Å². The summed E-state index contributed by atoms with van der Waals surface area (Å²) < 4.78 is 6.68. The number of carbonyl (C=O) groups is 2. The molecule has 6 heteroatoms. The van der Waals surface area contributed by atoms with Crippen LogP contribution in [0.15, 0.2) is 12.3 Å². The second-order valence-electron chi connectivity index (χ2n) is 6.30. The molecule has 1 spiro atoms. The topological polar surface area (TPSA) is 72.4 Å². The van der Waals surface area contributed by atoms with Crippen LogP contribution in [0.4, 0.5) is 5.69 Å². The van der Waals surface area contributed by atoms with Crippen LogP contribution in [-0.4, -0.2) is 36.1 Å². The first kappa shape index (κ1) is 15.1. The number of carbonyl (C=O) groups excluding carboxylic acids is 2. The molecule has 3 rings (SSSR count). The molecule has 1 unspecified atom stereocenters. The Morgan fingerprint density at radius 2 is 2.18 bits per heavy atom. The fraction of sp³-hybridized carbons (Fsp3) is 0.625. The van der Waals surface area contributed by atoms with Gasteiger partial charge >= 0.3 is 5.97 Å². The third kappa shape index (κ3) is 2.75. The van der Waals surface area contributed by atoms with Gasteiger partial charge in [-0.1, -0.05) is 0 Å². The van der Waals surface area contributed by atoms with E-state index >= 15 is 0 Å². The summed E-state index contributed by atoms with van der Waals surface area (Å²) in [5, 5.41) is 6.28. The fourth-order valence-electron chi connectivity index (χ4n) is 3.47. The quantitative estimate of drug-likeness (QED) is 0.828. The molecule has 2 fully saturated rings. The zero-order valence-electron chi connectivity index (χ0n) is 13.1. The van der Waals surface area contributed by atoms with Gasteiger partial charge in [-0.05, 0) is 50.8 Å². The average Bonchev–Trinajstić information content (AvgIpc) is 3.05. The Hall–Kier alpha value is -1.82. The number of anilines is 1. The van der Waals surface area contributed by atoms with Crippen LogP contribution >= 0.6 is 0 Å². The Morgan fingerprint density at radius 1 is 1.45 bits per heavy atom. The van der Waals surface area contributed by atoms with Gasteiger partial charge in [0.25, 0.3) is 0 Å². The zero-order valence-corrected chi connectivity index (χ0v) is 13.1. The van der Waals surface area contributed by atoms with Gasteiger partial charge in [-0.25, -0.2) is 4.79 Å². The molecule has 0 aromatic carbocycles. The summed E-state index contributed by atoms with van der Waals surface area (Å²) in [6.07, 6.45) is 4.89. The number of nitrogens with one attached hydrogen (secondary N) is 2. The first-order valence-electron chi connectivity index (χ1n) is 7.91. The van der Waals surface area contributed by atoms with Crippen LogP contribution in [0.25, 0.3) is 0 Å². The highest BCUT2D eigenvalue weighted by Gasteiger charge is 2.57. The Balaban J connectivity index is 1.63. The van der Waals surface area contributed by atoms with E-state index in [-0.39, 0.29) is 23.2 Å². The van der Waals surface area contributed by atoms with Crippen LogP contribution in [0.5, 0.6) is 0 Å². The SMILES string of the molecule is CCOC(=O)c1cc(NC(=O)C2CC23CCNCC3)cn1C. The minimum absolute atomic E-state index is 0.0721. The van der Waals surface area contributed by atoms with Crippen LogP contribution in [0.2, 0.25) is 0 Å². The molecule has 1 aliphatic carbocycles. The third-order valence-corrected chi connectivity index (χ3v) is 4.86. The highest BCUT2D eigenvalue weighted by atomic mass is 16.5. The van der Waals surface area contributed by atoms with Crippen molar-refractivity contribution in [2.24, 2.45) is 18.4 Å². The lowest BCUT2D eigenvalue weighted by molar-refractivity contribution is -0.118. The summed E-state index contributed by atoms with van der Waals surface area (Å²) in [6.45, 7) is 4.11. The van der Waals surface area contributed by atoms with E-state index in [0.717, 1.165) is 32.4 Å². The van der Waals surface area contributed by atoms with E-state index in [0.29, 0.717) is 18.0 Å². The van der Waals surface area contributed by atoms with Crippen molar-refractivity contribution in [2.75, 3.05) is 25.0 Å². The molecule has 1 aromatic heterocycles. The van der Waals surface area contributed by atoms with Gasteiger partial charge in [0.15, 0.2) is 0 Å². The summed E-state index contributed by atoms with van der Waals surface area (Å²) in [4.78, 5) is 24.2. The van der Waals surface area contributed by atoms with Crippen molar-refractivity contribution in [3.63, 3.8) is 0 Å². The molecule has 2 heterocycles. The number of aromatic nitrogens is 1. The van der Waals surface area contributed by atoms with Crippen LogP contribution in [-0.2, 0) is 16.6 Å². The van der Waals surface area contributed by atoms with Gasteiger partial charge < -0.3 is 19.9 Å². The minimum Gasteiger partial charge on any atom is -0.461 e. The van der Waals surface area contributed by atoms with E-state index in [9.17, 15) is 9.59 Å². The monoisotopic (exact) mass is 305 g/mol. The van der Waals surface area contributed by atoms with Gasteiger partial charge in [-0.2, -0.15) is 0 Å². The number of rotatable bonds is 4. The summed E-state index contributed by atoms with van der Waals surface area (Å²) in [5.41, 5.74) is 1.32. The molecule has 1 atom stereocenters. The smallest absolute Gasteiger partial charge is 0.355 e. The van der Waals surface area contributed by atoms with E-state index in [2.05, 4.69) is 10.6 Å². The maximum absolute atomic E-state index is 12.4. The minimum atomic E-state index is -0.369. The molecular formula is C16H23N3O3. The molecular weight excluding hydrogens is 282 g/mol. The first-order valence-corrected chi connectivity index (χ1v) is 7.91. The number of esters is 1. The Bertz CT molecular complexity index is 587. The predicted octanol–water partition coefficient (Wildman–Crippen LogP) is 1.53. The van der Waals surface area contributed by atoms with Crippen molar-refractivity contribution >= 4 is 17.6 Å². The van der Waals surface area contributed by atoms with E-state index in [1.54, 1.807) is 30.8 Å². The number of aryl methyl sites for hydroxylation is 1. The summed E-state index contributed by atoms with van der Waals surface area (Å²) >= 11 is 0. The number of piperidine rings is 1. The van der Waals surface area contributed by atoms with Crippen molar-refractivity contribution in [3.05, 3.63) is 18.0 Å². The standard InChI is InChI=1S/C16H23N3O3/c1-3-22-15(21)13-8-11(10-19(13)2)18-14(20)12-9-16(12)4-6-17-7-5-16/h8,10,12,17H,3-7,9H2,1-2H3,(H,18,20). The molecule has 2 N–H and O–H groups in total. The van der Waals surface area contributed by atoms with Crippen molar-refractivity contribution in [2.45, 2.75) is 26.2 Å². The molecule has 1 saturated carbocycles. The normalized spacial score (nSPS) is 22.4. The lowest BCUT2D eigenvalue weighted by atomic mass is 9.92. The second kappa shape index (κ2) is 5.76. The molecule has 1 saturated heterocycles. The van der Waals surface area contributed by atoms with Crippen LogP contribution in [0, 0.1) is 11.3 Å². The van der Waals surface area contributed by atoms with Crippen LogP contribution in [0.3, 0.4) is 0 Å². The third-order valence-electron chi connectivity index (χ3n) is 4.86. The Kier molecular flexibility index (Phi) is 3.95. The lowest BCUT2D eigenvalue weighted by Crippen LogP contribution is -2.31. The van der Waals surface area contributed by atoms with Gasteiger partial charge in [0, 0.05) is 19.2 Å². The highest BCUT2D eigenvalue weighted by Crippen LogP contribution is 2.58. The lowest BCUT2D eigenvalue weighted by Gasteiger charge is -2.23. The molecule has 22 heavy (non-hydrogen) atoms. The van der Waals surface area contributed by atoms with Crippen LogP contribution < -0.4 is 10.6 Å². The van der Waals surface area contributed by atoms with E-state index in [1.165, 1.54) is 0 Å². The number of amides is 1. The highest BCUT2D eigenvalue weighted by molar-refractivity contribution is 5.97. The van der Waals surface area contributed by atoms with Gasteiger partial charge in [0.2, 0.25) is 5.91 Å². The van der Waals surface area contributed by atoms with Crippen molar-refractivity contribution in [1.82, 2.24) is 9.88 Å². The molecule has 0 bridgehead atoms. The van der Waals surface area contributed by atoms with Crippen molar-refractivity contribution < 1.29 is 14.3 Å². The summed E-state index contributed by atoms with van der Waals surface area (Å²) in [7, 11) is 1.77. The number of nitrogens with zero attached hydrogens (tertiary/aromatic N) is 1. The molecule has 1 aromatic rings. The fourth-order valence-corrected chi connectivity index (χ4v) is 3.47. The molecule has 2 aliphatic rings. The van der Waals surface area contributed by atoms with E-state index < -0.39 is 0 Å². The van der Waals surface area contributed by atoms with Gasteiger partial charge in [0.05, 0.1) is 12.3 Å². The first-order chi connectivity index (χ1) is 10.6. The molecule has 120 valence electrons. The number of ether oxygens (including phenoxy) is 1. The average molecular weight is 305 g/mol. The number of hydrogen-bond acceptors (Lipinski definition) is 4. The maximum Gasteiger partial charge on any atom is 0.355 e. The molecule has 1 amide bonds. The van der Waals surface area contributed by atoms with Crippen molar-refractivity contribution in [3.8, 4) is 0 Å². The van der Waals surface area contributed by atoms with Gasteiger partial charge in [-0.15, -0.1) is 0 Å². The molecule has 6 nitrogen and oxygen atoms in total. The molecule has 1 aliphatic heterocycles. The zero-order chi connectivity index (χ0) is 15.7. The molecule has 0 radical (unpaired) electrons. The summed E-state index contributed by atoms with van der Waals surface area (Å²) in [6, 6.07) is 1.67. The summed E-state index contributed by atoms with van der Waals surface area (Å²) in [5.74, 6) is -0.185. The van der Waals surface area contributed by atoms with Crippen LogP contribution in [0.1, 0.15) is 36.7 Å². The van der Waals surface area contributed by atoms with Gasteiger partial charge in [-0.3, -0.25) is 4.79 Å². The van der Waals surface area contributed by atoms with E-state index in [4.69, 9.17) is 4.74 Å². The maximum atomic E-state index is 12.4. The van der Waals surface area contributed by atoms with E-state index in [1.807, 2.05) is 0 Å². The number of hydrogen-bond donors (Lipinski definition) is 2. The largest absolute Gasteiger partial charge is 0.461 e. The van der Waals surface area contributed by atoms with Gasteiger partial charge in [0.1, 0.15) is 5.69 Å².